The molecule has 12 heteroatoms. The third-order valence-electron chi connectivity index (χ3n) is 6.67. The predicted octanol–water partition coefficient (Wildman–Crippen LogP) is 6.86. The van der Waals surface area contributed by atoms with Gasteiger partial charge in [-0.25, -0.2) is 9.99 Å². The zero-order chi connectivity index (χ0) is 29.5. The minimum Gasteiger partial charge on any atom is -0.508 e. The van der Waals surface area contributed by atoms with Gasteiger partial charge < -0.3 is 5.11 Å². The van der Waals surface area contributed by atoms with Gasteiger partial charge in [0.15, 0.2) is 0 Å². The van der Waals surface area contributed by atoms with Crippen LogP contribution in [0, 0.1) is 0 Å². The van der Waals surface area contributed by atoms with E-state index in [2.05, 4.69) is 37.3 Å². The van der Waals surface area contributed by atoms with Crippen molar-refractivity contribution in [1.82, 2.24) is 20.0 Å². The first-order chi connectivity index (χ1) is 20.2. The largest absolute Gasteiger partial charge is 0.508 e. The highest BCUT2D eigenvalue weighted by Gasteiger charge is 2.36. The predicted molar refractivity (Wildman–Crippen MR) is 171 cm³/mol. The number of thioether (sulfide) groups is 1. The molecular formula is C30H19Br2ClN4O4S. The van der Waals surface area contributed by atoms with E-state index in [1.807, 2.05) is 6.07 Å². The van der Waals surface area contributed by atoms with Gasteiger partial charge in [0, 0.05) is 30.7 Å². The smallest absolute Gasteiger partial charge is 0.269 e. The van der Waals surface area contributed by atoms with Gasteiger partial charge in [-0.15, -0.1) is 11.8 Å². The summed E-state index contributed by atoms with van der Waals surface area (Å²) in [4.78, 5) is 44.5. The second kappa shape index (κ2) is 11.6. The Balaban J connectivity index is 1.37. The molecule has 210 valence electrons. The Labute approximate surface area is 265 Å². The van der Waals surface area contributed by atoms with Gasteiger partial charge in [-0.1, -0.05) is 45.7 Å². The van der Waals surface area contributed by atoms with Gasteiger partial charge in [-0.3, -0.25) is 24.4 Å². The molecule has 1 atom stereocenters. The molecule has 0 saturated carbocycles. The third-order valence-corrected chi connectivity index (χ3v) is 9.18. The van der Waals surface area contributed by atoms with Crippen LogP contribution in [0.4, 0.5) is 0 Å². The number of carbonyl (C=O) groups excluding carboxylic acids is 2. The Kier molecular flexibility index (Phi) is 7.84. The van der Waals surface area contributed by atoms with Crippen molar-refractivity contribution in [3.8, 4) is 22.8 Å². The van der Waals surface area contributed by atoms with Crippen molar-refractivity contribution in [2.45, 2.75) is 5.37 Å². The molecule has 8 nitrogen and oxygen atoms in total. The number of hydrogen-bond acceptors (Lipinski definition) is 6. The van der Waals surface area contributed by atoms with Crippen LogP contribution in [0.25, 0.3) is 28.0 Å². The molecule has 1 saturated heterocycles. The molecule has 6 rings (SSSR count). The number of para-hydroxylation sites is 1. The van der Waals surface area contributed by atoms with Crippen molar-refractivity contribution in [3.05, 3.63) is 120 Å². The summed E-state index contributed by atoms with van der Waals surface area (Å²) in [6.45, 7) is 0. The lowest BCUT2D eigenvalue weighted by Gasteiger charge is -2.25. The van der Waals surface area contributed by atoms with Gasteiger partial charge in [-0.2, -0.15) is 0 Å². The quantitative estimate of drug-likeness (QED) is 0.205. The maximum absolute atomic E-state index is 13.9. The van der Waals surface area contributed by atoms with E-state index in [9.17, 15) is 19.5 Å². The summed E-state index contributed by atoms with van der Waals surface area (Å²) < 4.78 is 2.87. The number of fused-ring (bicyclic) bond motifs is 1. The molecule has 2 amide bonds. The zero-order valence-electron chi connectivity index (χ0n) is 21.4. The van der Waals surface area contributed by atoms with Crippen LogP contribution < -0.4 is 11.0 Å². The van der Waals surface area contributed by atoms with Crippen LogP contribution in [0.2, 0.25) is 5.02 Å². The first-order valence-corrected chi connectivity index (χ1v) is 15.5. The second-order valence-corrected chi connectivity index (χ2v) is 12.6. The Morgan fingerprint density at radius 3 is 2.43 bits per heavy atom. The van der Waals surface area contributed by atoms with Crippen molar-refractivity contribution < 1.29 is 14.7 Å². The summed E-state index contributed by atoms with van der Waals surface area (Å²) in [6.07, 6.45) is 0. The second-order valence-electron chi connectivity index (χ2n) is 9.34. The highest BCUT2D eigenvalue weighted by Crippen LogP contribution is 2.41. The molecule has 1 aromatic heterocycles. The molecule has 2 heterocycles. The number of aromatic hydroxyl groups is 1. The Morgan fingerprint density at radius 1 is 1.00 bits per heavy atom. The van der Waals surface area contributed by atoms with E-state index in [4.69, 9.17) is 16.6 Å². The number of hydrogen-bond donors (Lipinski definition) is 2. The number of halogens is 3. The molecular weight excluding hydrogens is 708 g/mol. The van der Waals surface area contributed by atoms with E-state index < -0.39 is 11.3 Å². The number of hydrazine groups is 1. The summed E-state index contributed by atoms with van der Waals surface area (Å²) in [6, 6.07) is 23.7. The average Bonchev–Trinajstić information content (AvgIpc) is 3.33. The highest BCUT2D eigenvalue weighted by molar-refractivity contribution is 9.11. The average molecular weight is 727 g/mol. The lowest BCUT2D eigenvalue weighted by atomic mass is 10.1. The lowest BCUT2D eigenvalue weighted by Crippen LogP contribution is -2.44. The van der Waals surface area contributed by atoms with Crippen LogP contribution in [0.15, 0.2) is 98.7 Å². The molecule has 0 spiro atoms. The molecule has 0 radical (unpaired) electrons. The first-order valence-electron chi connectivity index (χ1n) is 12.5. The normalized spacial score (nSPS) is 14.9. The molecule has 0 aliphatic carbocycles. The van der Waals surface area contributed by atoms with Gasteiger partial charge in [-0.05, 0) is 82.7 Å². The van der Waals surface area contributed by atoms with Gasteiger partial charge in [0.05, 0.1) is 22.3 Å². The van der Waals surface area contributed by atoms with E-state index in [0.29, 0.717) is 43.0 Å². The Bertz CT molecular complexity index is 1930. The monoisotopic (exact) mass is 724 g/mol. The van der Waals surface area contributed by atoms with E-state index in [1.54, 1.807) is 72.8 Å². The number of benzene rings is 4. The summed E-state index contributed by atoms with van der Waals surface area (Å²) in [5, 5.41) is 11.9. The van der Waals surface area contributed by atoms with Gasteiger partial charge in [0.2, 0.25) is 0 Å². The molecule has 42 heavy (non-hydrogen) atoms. The van der Waals surface area contributed by atoms with Crippen molar-refractivity contribution in [2.24, 2.45) is 0 Å². The van der Waals surface area contributed by atoms with E-state index >= 15 is 0 Å². The van der Waals surface area contributed by atoms with Crippen LogP contribution in [0.1, 0.15) is 21.3 Å². The van der Waals surface area contributed by atoms with Crippen molar-refractivity contribution in [1.29, 1.82) is 0 Å². The number of aromatic nitrogens is 2. The maximum atomic E-state index is 13.9. The van der Waals surface area contributed by atoms with Crippen LogP contribution in [-0.4, -0.2) is 37.2 Å². The fourth-order valence-electron chi connectivity index (χ4n) is 4.65. The summed E-state index contributed by atoms with van der Waals surface area (Å²) >= 11 is 14.4. The third kappa shape index (κ3) is 5.33. The molecule has 1 unspecified atom stereocenters. The molecule has 4 aromatic carbocycles. The topological polar surface area (TPSA) is 105 Å². The SMILES string of the molecule is O=C(NN1C(=O)CSC1c1ccccc1O)c1ccc(-n2c(-c3ccc(Cl)cc3)nc3c(Br)cc(Br)cc3c2=O)cc1. The van der Waals surface area contributed by atoms with E-state index in [0.717, 1.165) is 4.47 Å². The molecule has 1 fully saturated rings. The maximum Gasteiger partial charge on any atom is 0.269 e. The molecule has 1 aliphatic heterocycles. The van der Waals surface area contributed by atoms with Crippen molar-refractivity contribution in [3.63, 3.8) is 0 Å². The number of phenolic OH excluding ortho intramolecular Hbond substituents is 1. The van der Waals surface area contributed by atoms with Gasteiger partial charge in [0.1, 0.15) is 16.9 Å². The van der Waals surface area contributed by atoms with Crippen molar-refractivity contribution in [2.75, 3.05) is 5.75 Å². The zero-order valence-corrected chi connectivity index (χ0v) is 26.2. The van der Waals surface area contributed by atoms with E-state index in [1.165, 1.54) is 27.4 Å². The number of carbonyl (C=O) groups is 2. The summed E-state index contributed by atoms with van der Waals surface area (Å²) in [5.41, 5.74) is 4.86. The van der Waals surface area contributed by atoms with Crippen LogP contribution in [0.5, 0.6) is 5.75 Å². The lowest BCUT2D eigenvalue weighted by molar-refractivity contribution is -0.130. The standard InChI is InChI=1S/C30H19Br2ClN4O4S/c31-18-13-22-26(23(32)14-18)34-27(16-5-9-19(33)10-6-16)36(29(22)41)20-11-7-17(8-12-20)28(40)35-37-25(39)15-42-30(37)21-3-1-2-4-24(21)38/h1-14,30,38H,15H2,(H,35,40). The van der Waals surface area contributed by atoms with Crippen molar-refractivity contribution >= 4 is 77.9 Å². The highest BCUT2D eigenvalue weighted by atomic mass is 79.9. The fraction of sp³-hybridized carbons (Fsp3) is 0.0667. The Hall–Kier alpha value is -3.64. The summed E-state index contributed by atoms with van der Waals surface area (Å²) in [7, 11) is 0. The molecule has 2 N–H and O–H groups in total. The van der Waals surface area contributed by atoms with Gasteiger partial charge in [0.25, 0.3) is 17.4 Å². The number of nitrogens with one attached hydrogen (secondary N) is 1. The first kappa shape index (κ1) is 28.5. The number of nitrogens with zero attached hydrogens (tertiary/aromatic N) is 3. The fourth-order valence-corrected chi connectivity index (χ4v) is 7.23. The summed E-state index contributed by atoms with van der Waals surface area (Å²) in [5.74, 6) is -0.187. The number of rotatable bonds is 5. The minimum atomic E-state index is -0.565. The van der Waals surface area contributed by atoms with Crippen LogP contribution in [0.3, 0.4) is 0 Å². The minimum absolute atomic E-state index is 0.0401. The molecule has 5 aromatic rings. The van der Waals surface area contributed by atoms with Crippen LogP contribution >= 0.6 is 55.2 Å². The van der Waals surface area contributed by atoms with Gasteiger partial charge >= 0.3 is 0 Å². The Morgan fingerprint density at radius 2 is 1.71 bits per heavy atom. The van der Waals surface area contributed by atoms with Crippen LogP contribution in [-0.2, 0) is 4.79 Å². The van der Waals surface area contributed by atoms with E-state index in [-0.39, 0.29) is 28.5 Å². The molecule has 0 bridgehead atoms. The molecule has 1 aliphatic rings. The number of phenols is 1. The number of amides is 2.